The van der Waals surface area contributed by atoms with Crippen LogP contribution in [0.15, 0.2) is 0 Å². The summed E-state index contributed by atoms with van der Waals surface area (Å²) < 4.78 is 1.36. The van der Waals surface area contributed by atoms with Crippen LogP contribution in [0.3, 0.4) is 0 Å². The lowest BCUT2D eigenvalue weighted by atomic mass is 10.2. The van der Waals surface area contributed by atoms with Crippen molar-refractivity contribution in [1.29, 1.82) is 0 Å². The molecule has 1 N–H and O–H groups in total. The Labute approximate surface area is 105 Å². The number of carbonyl (C=O) groups excluding carboxylic acids is 1. The van der Waals surface area contributed by atoms with Gasteiger partial charge in [0.1, 0.15) is 17.9 Å². The van der Waals surface area contributed by atoms with Crippen LogP contribution in [0, 0.1) is 29.9 Å². The molecule has 100 valence electrons. The van der Waals surface area contributed by atoms with Crippen LogP contribution in [0.1, 0.15) is 25.2 Å². The van der Waals surface area contributed by atoms with E-state index in [2.05, 4.69) is 10.4 Å². The summed E-state index contributed by atoms with van der Waals surface area (Å²) in [6.45, 7) is 7.73. The van der Waals surface area contributed by atoms with Gasteiger partial charge in [-0.3, -0.25) is 19.6 Å². The zero-order valence-electron chi connectivity index (χ0n) is 11.1. The molecule has 1 rings (SSSR count). The van der Waals surface area contributed by atoms with Crippen LogP contribution < -0.4 is 5.32 Å². The molecule has 0 aromatic carbocycles. The van der Waals surface area contributed by atoms with Gasteiger partial charge in [0.25, 0.3) is 0 Å². The molecule has 7 nitrogen and oxygen atoms in total. The van der Waals surface area contributed by atoms with Crippen LogP contribution in [-0.4, -0.2) is 27.2 Å². The number of hydrogen-bond donors (Lipinski definition) is 1. The van der Waals surface area contributed by atoms with E-state index in [1.54, 1.807) is 13.8 Å². The Morgan fingerprint density at radius 3 is 2.56 bits per heavy atom. The molecule has 0 bridgehead atoms. The van der Waals surface area contributed by atoms with Gasteiger partial charge < -0.3 is 5.32 Å². The zero-order valence-corrected chi connectivity index (χ0v) is 11.1. The van der Waals surface area contributed by atoms with Crippen molar-refractivity contribution in [3.05, 3.63) is 21.5 Å². The van der Waals surface area contributed by atoms with Gasteiger partial charge in [-0.15, -0.1) is 0 Å². The average molecular weight is 254 g/mol. The maximum Gasteiger partial charge on any atom is 0.312 e. The van der Waals surface area contributed by atoms with Gasteiger partial charge in [0.15, 0.2) is 0 Å². The van der Waals surface area contributed by atoms with E-state index in [1.165, 1.54) is 4.68 Å². The molecule has 7 heteroatoms. The lowest BCUT2D eigenvalue weighted by Gasteiger charge is -2.08. The number of nitrogens with one attached hydrogen (secondary N) is 1. The molecule has 0 spiro atoms. The van der Waals surface area contributed by atoms with Gasteiger partial charge in [-0.2, -0.15) is 5.10 Å². The maximum absolute atomic E-state index is 11.6. The van der Waals surface area contributed by atoms with Crippen molar-refractivity contribution in [3.63, 3.8) is 0 Å². The SMILES string of the molecule is Cc1nn(CC(=O)NCC(C)C)c(C)c1[N+](=O)[O-]. The van der Waals surface area contributed by atoms with Crippen molar-refractivity contribution in [2.45, 2.75) is 34.2 Å². The van der Waals surface area contributed by atoms with E-state index < -0.39 is 4.92 Å². The smallest absolute Gasteiger partial charge is 0.312 e. The molecule has 0 aliphatic carbocycles. The van der Waals surface area contributed by atoms with Crippen molar-refractivity contribution in [2.24, 2.45) is 5.92 Å². The van der Waals surface area contributed by atoms with Crippen LogP contribution in [0.25, 0.3) is 0 Å². The van der Waals surface area contributed by atoms with Crippen LogP contribution in [0.5, 0.6) is 0 Å². The number of aryl methyl sites for hydroxylation is 1. The van der Waals surface area contributed by atoms with Gasteiger partial charge in [0, 0.05) is 6.54 Å². The van der Waals surface area contributed by atoms with Gasteiger partial charge in [-0.05, 0) is 19.8 Å². The molecule has 0 unspecified atom stereocenters. The first-order chi connectivity index (χ1) is 8.32. The Balaban J connectivity index is 2.77. The third-order valence-electron chi connectivity index (χ3n) is 2.53. The molecule has 0 saturated heterocycles. The fraction of sp³-hybridized carbons (Fsp3) is 0.636. The minimum absolute atomic E-state index is 0.00718. The fourth-order valence-corrected chi connectivity index (χ4v) is 1.62. The summed E-state index contributed by atoms with van der Waals surface area (Å²) >= 11 is 0. The fourth-order valence-electron chi connectivity index (χ4n) is 1.62. The normalized spacial score (nSPS) is 10.7. The van der Waals surface area contributed by atoms with Crippen molar-refractivity contribution in [3.8, 4) is 0 Å². The second-order valence-corrected chi connectivity index (χ2v) is 4.63. The molecule has 0 atom stereocenters. The molecule has 1 amide bonds. The van der Waals surface area contributed by atoms with Crippen LogP contribution in [0.2, 0.25) is 0 Å². The molecule has 0 aliphatic rings. The number of rotatable bonds is 5. The third-order valence-corrected chi connectivity index (χ3v) is 2.53. The molecular weight excluding hydrogens is 236 g/mol. The van der Waals surface area contributed by atoms with Crippen molar-refractivity contribution in [1.82, 2.24) is 15.1 Å². The molecule has 0 fully saturated rings. The Bertz CT molecular complexity index is 465. The predicted octanol–water partition coefficient (Wildman–Crippen LogP) is 1.18. The molecule has 1 aromatic rings. The molecule has 18 heavy (non-hydrogen) atoms. The number of carbonyl (C=O) groups is 1. The van der Waals surface area contributed by atoms with Gasteiger partial charge >= 0.3 is 5.69 Å². The standard InChI is InChI=1S/C11H18N4O3/c1-7(2)5-12-10(16)6-14-9(4)11(15(17)18)8(3)13-14/h7H,5-6H2,1-4H3,(H,12,16). The summed E-state index contributed by atoms with van der Waals surface area (Å²) in [6.07, 6.45) is 0. The predicted molar refractivity (Wildman–Crippen MR) is 66.2 cm³/mol. The Morgan fingerprint density at radius 1 is 1.50 bits per heavy atom. The number of nitrogens with zero attached hydrogens (tertiary/aromatic N) is 3. The number of hydrogen-bond acceptors (Lipinski definition) is 4. The molecule has 0 radical (unpaired) electrons. The summed E-state index contributed by atoms with van der Waals surface area (Å²) in [5.74, 6) is 0.174. The molecule has 1 heterocycles. The maximum atomic E-state index is 11.6. The van der Waals surface area contributed by atoms with E-state index in [9.17, 15) is 14.9 Å². The highest BCUT2D eigenvalue weighted by atomic mass is 16.6. The van der Waals surface area contributed by atoms with Crippen LogP contribution >= 0.6 is 0 Å². The monoisotopic (exact) mass is 254 g/mol. The van der Waals surface area contributed by atoms with E-state index in [1.807, 2.05) is 13.8 Å². The van der Waals surface area contributed by atoms with E-state index in [-0.39, 0.29) is 18.1 Å². The topological polar surface area (TPSA) is 90.1 Å². The summed E-state index contributed by atoms with van der Waals surface area (Å²) in [7, 11) is 0. The number of nitro groups is 1. The lowest BCUT2D eigenvalue weighted by molar-refractivity contribution is -0.386. The summed E-state index contributed by atoms with van der Waals surface area (Å²) in [6, 6.07) is 0. The molecular formula is C11H18N4O3. The van der Waals surface area contributed by atoms with Crippen LogP contribution in [0.4, 0.5) is 5.69 Å². The highest BCUT2D eigenvalue weighted by Gasteiger charge is 2.22. The van der Waals surface area contributed by atoms with E-state index >= 15 is 0 Å². The minimum Gasteiger partial charge on any atom is -0.354 e. The van der Waals surface area contributed by atoms with Gasteiger partial charge in [0.05, 0.1) is 4.92 Å². The summed E-state index contributed by atoms with van der Waals surface area (Å²) in [5.41, 5.74) is 0.706. The molecule has 1 aromatic heterocycles. The van der Waals surface area contributed by atoms with Gasteiger partial charge in [-0.1, -0.05) is 13.8 Å². The third kappa shape index (κ3) is 3.28. The number of aromatic nitrogens is 2. The first-order valence-corrected chi connectivity index (χ1v) is 5.78. The molecule has 0 saturated carbocycles. The summed E-state index contributed by atoms with van der Waals surface area (Å²) in [4.78, 5) is 22.0. The average Bonchev–Trinajstić information content (AvgIpc) is 2.51. The van der Waals surface area contributed by atoms with Crippen LogP contribution in [-0.2, 0) is 11.3 Å². The first-order valence-electron chi connectivity index (χ1n) is 5.78. The minimum atomic E-state index is -0.472. The van der Waals surface area contributed by atoms with E-state index in [4.69, 9.17) is 0 Å². The second kappa shape index (κ2) is 5.61. The Hall–Kier alpha value is -1.92. The lowest BCUT2D eigenvalue weighted by Crippen LogP contribution is -2.31. The quantitative estimate of drug-likeness (QED) is 0.631. The first kappa shape index (κ1) is 14.1. The Kier molecular flexibility index (Phi) is 4.41. The summed E-state index contributed by atoms with van der Waals surface area (Å²) in [5, 5.41) is 17.6. The van der Waals surface area contributed by atoms with Crippen molar-refractivity contribution >= 4 is 11.6 Å². The van der Waals surface area contributed by atoms with E-state index in [0.717, 1.165) is 0 Å². The number of amides is 1. The highest BCUT2D eigenvalue weighted by molar-refractivity contribution is 5.75. The largest absolute Gasteiger partial charge is 0.354 e. The van der Waals surface area contributed by atoms with Crippen molar-refractivity contribution < 1.29 is 9.72 Å². The molecule has 0 aliphatic heterocycles. The van der Waals surface area contributed by atoms with Gasteiger partial charge in [-0.25, -0.2) is 0 Å². The van der Waals surface area contributed by atoms with Gasteiger partial charge in [0.2, 0.25) is 5.91 Å². The highest BCUT2D eigenvalue weighted by Crippen LogP contribution is 2.21. The second-order valence-electron chi connectivity index (χ2n) is 4.63. The Morgan fingerprint density at radius 2 is 2.11 bits per heavy atom. The van der Waals surface area contributed by atoms with E-state index in [0.29, 0.717) is 23.9 Å². The zero-order chi connectivity index (χ0) is 13.9. The van der Waals surface area contributed by atoms with Crippen molar-refractivity contribution in [2.75, 3.05) is 6.54 Å².